The molecule has 4 heteroatoms. The van der Waals surface area contributed by atoms with E-state index in [4.69, 9.17) is 0 Å². The van der Waals surface area contributed by atoms with Crippen LogP contribution >= 0.6 is 0 Å². The number of nitrogens with one attached hydrogen (secondary N) is 2. The number of aromatic nitrogens is 2. The lowest BCUT2D eigenvalue weighted by Gasteiger charge is -2.23. The highest BCUT2D eigenvalue weighted by Crippen LogP contribution is 2.20. The molecule has 2 N–H and O–H groups in total. The minimum Gasteiger partial charge on any atom is -0.369 e. The Labute approximate surface area is 103 Å². The summed E-state index contributed by atoms with van der Waals surface area (Å²) in [5.74, 6) is 1.77. The lowest BCUT2D eigenvalue weighted by molar-refractivity contribution is 0.462. The zero-order chi connectivity index (χ0) is 11.9. The smallest absolute Gasteiger partial charge is 0.147 e. The van der Waals surface area contributed by atoms with Crippen molar-refractivity contribution in [3.05, 3.63) is 12.4 Å². The van der Waals surface area contributed by atoms with E-state index in [-0.39, 0.29) is 0 Å². The maximum absolute atomic E-state index is 4.52. The van der Waals surface area contributed by atoms with Gasteiger partial charge in [-0.1, -0.05) is 26.2 Å². The molecule has 0 bridgehead atoms. The molecule has 1 fully saturated rings. The first kappa shape index (κ1) is 12.1. The summed E-state index contributed by atoms with van der Waals surface area (Å²) in [6.07, 6.45) is 11.2. The van der Waals surface area contributed by atoms with E-state index in [9.17, 15) is 0 Å². The number of nitrogens with zero attached hydrogens (tertiary/aromatic N) is 2. The molecule has 0 aliphatic heterocycles. The molecule has 0 saturated heterocycles. The molecule has 1 aliphatic carbocycles. The van der Waals surface area contributed by atoms with Crippen LogP contribution < -0.4 is 10.6 Å². The van der Waals surface area contributed by atoms with Crippen molar-refractivity contribution in [3.63, 3.8) is 0 Å². The van der Waals surface area contributed by atoms with Crippen molar-refractivity contribution in [1.29, 1.82) is 0 Å². The fraction of sp³-hybridized carbons (Fsp3) is 0.692. The molecule has 1 aromatic heterocycles. The molecule has 0 spiro atoms. The molecular weight excluding hydrogens is 212 g/mol. The number of rotatable bonds is 5. The lowest BCUT2D eigenvalue weighted by Crippen LogP contribution is -2.23. The van der Waals surface area contributed by atoms with Gasteiger partial charge < -0.3 is 10.6 Å². The van der Waals surface area contributed by atoms with E-state index < -0.39 is 0 Å². The topological polar surface area (TPSA) is 49.8 Å². The Morgan fingerprint density at radius 1 is 1.18 bits per heavy atom. The SMILES string of the molecule is CCCNc1cncc(NC2CCCCC2)n1. The van der Waals surface area contributed by atoms with Gasteiger partial charge in [-0.3, -0.25) is 4.98 Å². The molecular formula is C13H22N4. The minimum atomic E-state index is 0.583. The molecule has 0 aromatic carbocycles. The predicted molar refractivity (Wildman–Crippen MR) is 71.3 cm³/mol. The average molecular weight is 234 g/mol. The van der Waals surface area contributed by atoms with Gasteiger partial charge >= 0.3 is 0 Å². The van der Waals surface area contributed by atoms with Gasteiger partial charge in [0, 0.05) is 12.6 Å². The first-order chi connectivity index (χ1) is 8.38. The Kier molecular flexibility index (Phi) is 4.59. The average Bonchev–Trinajstić information content (AvgIpc) is 2.38. The fourth-order valence-corrected chi connectivity index (χ4v) is 2.23. The summed E-state index contributed by atoms with van der Waals surface area (Å²) in [4.78, 5) is 8.74. The van der Waals surface area contributed by atoms with Gasteiger partial charge in [0.1, 0.15) is 11.6 Å². The second-order valence-electron chi connectivity index (χ2n) is 4.70. The van der Waals surface area contributed by atoms with Gasteiger partial charge in [0.05, 0.1) is 12.4 Å². The monoisotopic (exact) mass is 234 g/mol. The van der Waals surface area contributed by atoms with Crippen LogP contribution in [0.15, 0.2) is 12.4 Å². The van der Waals surface area contributed by atoms with Gasteiger partial charge in [-0.05, 0) is 19.3 Å². The molecule has 1 heterocycles. The van der Waals surface area contributed by atoms with Crippen molar-refractivity contribution in [2.45, 2.75) is 51.5 Å². The fourth-order valence-electron chi connectivity index (χ4n) is 2.23. The van der Waals surface area contributed by atoms with E-state index >= 15 is 0 Å². The highest BCUT2D eigenvalue weighted by molar-refractivity contribution is 5.42. The Hall–Kier alpha value is -1.32. The summed E-state index contributed by atoms with van der Waals surface area (Å²) in [6, 6.07) is 0.583. The van der Waals surface area contributed by atoms with Gasteiger partial charge in [-0.2, -0.15) is 0 Å². The minimum absolute atomic E-state index is 0.583. The molecule has 4 nitrogen and oxygen atoms in total. The van der Waals surface area contributed by atoms with Crippen LogP contribution in [0.5, 0.6) is 0 Å². The normalized spacial score (nSPS) is 16.8. The summed E-state index contributed by atoms with van der Waals surface area (Å²) >= 11 is 0. The third-order valence-electron chi connectivity index (χ3n) is 3.15. The number of hydrogen-bond acceptors (Lipinski definition) is 4. The molecule has 1 saturated carbocycles. The maximum atomic E-state index is 4.52. The molecule has 0 amide bonds. The summed E-state index contributed by atoms with van der Waals surface area (Å²) in [5, 5.41) is 6.74. The van der Waals surface area contributed by atoms with Crippen LogP contribution in [0.4, 0.5) is 11.6 Å². The lowest BCUT2D eigenvalue weighted by atomic mass is 9.96. The van der Waals surface area contributed by atoms with Crippen molar-refractivity contribution in [2.75, 3.05) is 17.2 Å². The standard InChI is InChI=1S/C13H22N4/c1-2-8-15-12-9-14-10-13(17-12)16-11-6-4-3-5-7-11/h9-11H,2-8H2,1H3,(H2,15,16,17). The van der Waals surface area contributed by atoms with Crippen LogP contribution in [0.2, 0.25) is 0 Å². The van der Waals surface area contributed by atoms with E-state index in [2.05, 4.69) is 27.5 Å². The molecule has 0 radical (unpaired) electrons. The van der Waals surface area contributed by atoms with Crippen LogP contribution in [-0.4, -0.2) is 22.6 Å². The first-order valence-electron chi connectivity index (χ1n) is 6.71. The molecule has 1 aliphatic rings. The second kappa shape index (κ2) is 6.42. The first-order valence-corrected chi connectivity index (χ1v) is 6.71. The van der Waals surface area contributed by atoms with E-state index in [1.165, 1.54) is 32.1 Å². The Bertz CT molecular complexity index is 334. The zero-order valence-corrected chi connectivity index (χ0v) is 10.6. The molecule has 17 heavy (non-hydrogen) atoms. The predicted octanol–water partition coefficient (Wildman–Crippen LogP) is 3.04. The van der Waals surface area contributed by atoms with Crippen molar-refractivity contribution >= 4 is 11.6 Å². The second-order valence-corrected chi connectivity index (χ2v) is 4.70. The number of hydrogen-bond donors (Lipinski definition) is 2. The molecule has 0 unspecified atom stereocenters. The molecule has 2 rings (SSSR count). The van der Waals surface area contributed by atoms with Gasteiger partial charge in [0.25, 0.3) is 0 Å². The largest absolute Gasteiger partial charge is 0.369 e. The summed E-state index contributed by atoms with van der Waals surface area (Å²) in [7, 11) is 0. The van der Waals surface area contributed by atoms with E-state index in [1.54, 1.807) is 6.20 Å². The summed E-state index contributed by atoms with van der Waals surface area (Å²) < 4.78 is 0. The zero-order valence-electron chi connectivity index (χ0n) is 10.6. The van der Waals surface area contributed by atoms with E-state index in [0.717, 1.165) is 24.6 Å². The van der Waals surface area contributed by atoms with E-state index in [0.29, 0.717) is 6.04 Å². The Balaban J connectivity index is 1.90. The number of anilines is 2. The molecule has 94 valence electrons. The van der Waals surface area contributed by atoms with E-state index in [1.807, 2.05) is 6.20 Å². The third kappa shape index (κ3) is 3.88. The molecule has 0 atom stereocenters. The van der Waals surface area contributed by atoms with Gasteiger partial charge in [0.2, 0.25) is 0 Å². The Morgan fingerprint density at radius 2 is 1.94 bits per heavy atom. The maximum Gasteiger partial charge on any atom is 0.147 e. The van der Waals surface area contributed by atoms with Gasteiger partial charge in [-0.25, -0.2) is 4.98 Å². The highest BCUT2D eigenvalue weighted by atomic mass is 15.1. The van der Waals surface area contributed by atoms with Crippen LogP contribution in [-0.2, 0) is 0 Å². The van der Waals surface area contributed by atoms with Crippen LogP contribution in [0, 0.1) is 0 Å². The van der Waals surface area contributed by atoms with Crippen molar-refractivity contribution in [1.82, 2.24) is 9.97 Å². The van der Waals surface area contributed by atoms with Crippen LogP contribution in [0.25, 0.3) is 0 Å². The summed E-state index contributed by atoms with van der Waals surface area (Å²) in [5.41, 5.74) is 0. The Morgan fingerprint density at radius 3 is 2.71 bits per heavy atom. The van der Waals surface area contributed by atoms with Gasteiger partial charge in [0.15, 0.2) is 0 Å². The van der Waals surface area contributed by atoms with Crippen molar-refractivity contribution < 1.29 is 0 Å². The highest BCUT2D eigenvalue weighted by Gasteiger charge is 2.13. The van der Waals surface area contributed by atoms with Crippen LogP contribution in [0.3, 0.4) is 0 Å². The van der Waals surface area contributed by atoms with Gasteiger partial charge in [-0.15, -0.1) is 0 Å². The van der Waals surface area contributed by atoms with Crippen LogP contribution in [0.1, 0.15) is 45.4 Å². The van der Waals surface area contributed by atoms with Crippen molar-refractivity contribution in [3.8, 4) is 0 Å². The van der Waals surface area contributed by atoms with Crippen molar-refractivity contribution in [2.24, 2.45) is 0 Å². The quantitative estimate of drug-likeness (QED) is 0.822. The summed E-state index contributed by atoms with van der Waals surface area (Å²) in [6.45, 7) is 3.09. The molecule has 1 aromatic rings. The third-order valence-corrected chi connectivity index (χ3v) is 3.15.